The van der Waals surface area contributed by atoms with Gasteiger partial charge in [0.15, 0.2) is 0 Å². The molecule has 194 valence electrons. The van der Waals surface area contributed by atoms with Crippen LogP contribution in [0.25, 0.3) is 0 Å². The van der Waals surface area contributed by atoms with Crippen LogP contribution < -0.4 is 32.1 Å². The van der Waals surface area contributed by atoms with Crippen molar-refractivity contribution in [2.75, 3.05) is 32.9 Å². The summed E-state index contributed by atoms with van der Waals surface area (Å²) < 4.78 is 6.00. The quantitative estimate of drug-likeness (QED) is 0.302. The van der Waals surface area contributed by atoms with Gasteiger partial charge in [0.05, 0.1) is 31.1 Å². The fraction of sp³-hybridized carbons (Fsp3) is 0.960. The van der Waals surface area contributed by atoms with Crippen LogP contribution in [-0.2, 0) is 9.53 Å². The predicted molar refractivity (Wildman–Crippen MR) is 133 cm³/mol. The number of hydrogen-bond donors (Lipinski definition) is 6. The van der Waals surface area contributed by atoms with E-state index in [1.165, 1.54) is 25.7 Å². The highest BCUT2D eigenvalue weighted by molar-refractivity contribution is 5.79. The van der Waals surface area contributed by atoms with Gasteiger partial charge in [-0.3, -0.25) is 15.0 Å². The Kier molecular flexibility index (Phi) is 8.74. The van der Waals surface area contributed by atoms with Gasteiger partial charge in [0.1, 0.15) is 0 Å². The molecule has 2 saturated carbocycles. The average molecular weight is 478 g/mol. The molecule has 5 aliphatic rings. The van der Waals surface area contributed by atoms with Crippen molar-refractivity contribution in [3.05, 3.63) is 0 Å². The SMILES string of the molecule is CCCN1C(CNC2CCCC(C(=O)N[C@@H]3COC4CCCCC43)C2)NNC1C1CCNCN1. The van der Waals surface area contributed by atoms with Crippen LogP contribution in [-0.4, -0.2) is 80.3 Å². The van der Waals surface area contributed by atoms with Gasteiger partial charge in [0.25, 0.3) is 0 Å². The molecule has 7 unspecified atom stereocenters. The Labute approximate surface area is 205 Å². The van der Waals surface area contributed by atoms with Crippen LogP contribution in [0, 0.1) is 11.8 Å². The first-order valence-corrected chi connectivity index (χ1v) is 14.1. The van der Waals surface area contributed by atoms with Crippen LogP contribution in [0.1, 0.15) is 71.1 Å². The first kappa shape index (κ1) is 24.9. The van der Waals surface area contributed by atoms with Gasteiger partial charge in [-0.1, -0.05) is 26.2 Å². The number of rotatable bonds is 8. The number of hydrazine groups is 1. The van der Waals surface area contributed by atoms with E-state index in [9.17, 15) is 4.79 Å². The van der Waals surface area contributed by atoms with Crippen molar-refractivity contribution in [3.63, 3.8) is 0 Å². The summed E-state index contributed by atoms with van der Waals surface area (Å²) in [5.41, 5.74) is 7.11. The van der Waals surface area contributed by atoms with E-state index in [1.807, 2.05) is 0 Å². The normalized spacial score (nSPS) is 41.3. The van der Waals surface area contributed by atoms with Gasteiger partial charge in [-0.05, 0) is 51.5 Å². The summed E-state index contributed by atoms with van der Waals surface area (Å²) in [5, 5.41) is 14.2. The van der Waals surface area contributed by atoms with Crippen molar-refractivity contribution in [3.8, 4) is 0 Å². The molecule has 1 amide bonds. The van der Waals surface area contributed by atoms with Gasteiger partial charge < -0.3 is 20.7 Å². The van der Waals surface area contributed by atoms with Gasteiger partial charge >= 0.3 is 0 Å². The molecule has 0 aromatic carbocycles. The van der Waals surface area contributed by atoms with Crippen molar-refractivity contribution < 1.29 is 9.53 Å². The molecular formula is C25H47N7O2. The summed E-state index contributed by atoms with van der Waals surface area (Å²) >= 11 is 0. The summed E-state index contributed by atoms with van der Waals surface area (Å²) in [6.45, 7) is 6.88. The number of carbonyl (C=O) groups is 1. The number of ether oxygens (including phenoxy) is 1. The zero-order valence-corrected chi connectivity index (χ0v) is 21.0. The van der Waals surface area contributed by atoms with E-state index in [0.717, 1.165) is 64.8 Å². The highest BCUT2D eigenvalue weighted by atomic mass is 16.5. The molecule has 8 atom stereocenters. The second kappa shape index (κ2) is 12.0. The smallest absolute Gasteiger partial charge is 0.223 e. The van der Waals surface area contributed by atoms with E-state index < -0.39 is 0 Å². The summed E-state index contributed by atoms with van der Waals surface area (Å²) in [5.74, 6) is 0.918. The number of hydrogen-bond acceptors (Lipinski definition) is 8. The summed E-state index contributed by atoms with van der Waals surface area (Å²) in [6.07, 6.45) is 12.4. The molecule has 0 bridgehead atoms. The third-order valence-electron chi connectivity index (χ3n) is 8.87. The van der Waals surface area contributed by atoms with Crippen LogP contribution in [0.15, 0.2) is 0 Å². The van der Waals surface area contributed by atoms with E-state index in [0.29, 0.717) is 36.9 Å². The van der Waals surface area contributed by atoms with Gasteiger partial charge in [-0.2, -0.15) is 0 Å². The highest BCUT2D eigenvalue weighted by Crippen LogP contribution is 2.35. The standard InChI is InChI=1S/C25H47N7O2/c1-2-12-32-23(30-31-24(32)20-10-11-26-16-28-20)14-27-18-7-5-6-17(13-18)25(33)29-21-15-34-22-9-4-3-8-19(21)22/h17-24,26-28,30-31H,2-16H2,1H3,(H,29,33)/t17?,18?,19?,20?,21-,22?,23?,24?/m1/s1. The van der Waals surface area contributed by atoms with E-state index in [1.54, 1.807) is 0 Å². The van der Waals surface area contributed by atoms with Crippen molar-refractivity contribution in [2.45, 2.75) is 108 Å². The average Bonchev–Trinajstić information content (AvgIpc) is 3.48. The Hall–Kier alpha value is -0.810. The maximum absolute atomic E-state index is 13.2. The summed E-state index contributed by atoms with van der Waals surface area (Å²) in [4.78, 5) is 15.7. The topological polar surface area (TPSA) is 102 Å². The van der Waals surface area contributed by atoms with E-state index in [4.69, 9.17) is 4.74 Å². The molecule has 0 spiro atoms. The molecule has 3 heterocycles. The van der Waals surface area contributed by atoms with Crippen LogP contribution in [0.3, 0.4) is 0 Å². The van der Waals surface area contributed by atoms with Gasteiger partial charge in [0.2, 0.25) is 5.91 Å². The molecule has 0 aromatic heterocycles. The lowest BCUT2D eigenvalue weighted by atomic mass is 9.82. The first-order valence-electron chi connectivity index (χ1n) is 14.1. The Morgan fingerprint density at radius 2 is 2.00 bits per heavy atom. The van der Waals surface area contributed by atoms with Crippen LogP contribution in [0.2, 0.25) is 0 Å². The van der Waals surface area contributed by atoms with Crippen LogP contribution >= 0.6 is 0 Å². The van der Waals surface area contributed by atoms with E-state index >= 15 is 0 Å². The number of carbonyl (C=O) groups excluding carboxylic acids is 1. The molecular weight excluding hydrogens is 430 g/mol. The van der Waals surface area contributed by atoms with E-state index in [2.05, 4.69) is 43.9 Å². The number of nitrogens with one attached hydrogen (secondary N) is 6. The molecule has 0 aromatic rings. The molecule has 3 aliphatic heterocycles. The molecule has 0 radical (unpaired) electrons. The van der Waals surface area contributed by atoms with Crippen molar-refractivity contribution in [1.82, 2.24) is 37.0 Å². The third-order valence-corrected chi connectivity index (χ3v) is 8.87. The fourth-order valence-corrected chi connectivity index (χ4v) is 7.00. The minimum Gasteiger partial charge on any atom is -0.376 e. The molecule has 3 saturated heterocycles. The Morgan fingerprint density at radius 1 is 1.09 bits per heavy atom. The molecule has 9 nitrogen and oxygen atoms in total. The van der Waals surface area contributed by atoms with E-state index in [-0.39, 0.29) is 24.0 Å². The second-order valence-corrected chi connectivity index (χ2v) is 11.2. The van der Waals surface area contributed by atoms with Crippen molar-refractivity contribution in [2.24, 2.45) is 11.8 Å². The molecule has 5 rings (SSSR count). The largest absolute Gasteiger partial charge is 0.376 e. The Morgan fingerprint density at radius 3 is 2.85 bits per heavy atom. The zero-order valence-electron chi connectivity index (χ0n) is 21.0. The van der Waals surface area contributed by atoms with Crippen LogP contribution in [0.5, 0.6) is 0 Å². The van der Waals surface area contributed by atoms with Gasteiger partial charge in [-0.25, -0.2) is 10.9 Å². The number of amides is 1. The lowest BCUT2D eigenvalue weighted by Crippen LogP contribution is -2.59. The minimum atomic E-state index is 0.127. The zero-order chi connectivity index (χ0) is 23.3. The summed E-state index contributed by atoms with van der Waals surface area (Å²) in [7, 11) is 0. The number of fused-ring (bicyclic) bond motifs is 1. The van der Waals surface area contributed by atoms with Gasteiger partial charge in [0, 0.05) is 43.7 Å². The minimum absolute atomic E-state index is 0.127. The maximum Gasteiger partial charge on any atom is 0.223 e. The summed E-state index contributed by atoms with van der Waals surface area (Å²) in [6, 6.07) is 1.09. The lowest BCUT2D eigenvalue weighted by Gasteiger charge is -2.36. The highest BCUT2D eigenvalue weighted by Gasteiger charge is 2.41. The Balaban J connectivity index is 1.09. The second-order valence-electron chi connectivity index (χ2n) is 11.2. The first-order chi connectivity index (χ1) is 16.7. The molecule has 5 fully saturated rings. The fourth-order valence-electron chi connectivity index (χ4n) is 7.00. The van der Waals surface area contributed by atoms with Crippen LogP contribution in [0.4, 0.5) is 0 Å². The van der Waals surface area contributed by atoms with Crippen molar-refractivity contribution in [1.29, 1.82) is 0 Å². The molecule has 6 N–H and O–H groups in total. The maximum atomic E-state index is 13.2. The molecule has 9 heteroatoms. The molecule has 2 aliphatic carbocycles. The Bertz CT molecular complexity index is 661. The predicted octanol–water partition coefficient (Wildman–Crippen LogP) is 0.590. The van der Waals surface area contributed by atoms with Crippen molar-refractivity contribution >= 4 is 5.91 Å². The number of nitrogens with zero attached hydrogens (tertiary/aromatic N) is 1. The molecule has 34 heavy (non-hydrogen) atoms. The monoisotopic (exact) mass is 477 g/mol. The lowest BCUT2D eigenvalue weighted by molar-refractivity contribution is -0.127. The third kappa shape index (κ3) is 5.77. The van der Waals surface area contributed by atoms with Gasteiger partial charge in [-0.15, -0.1) is 0 Å².